The summed E-state index contributed by atoms with van der Waals surface area (Å²) in [6.07, 6.45) is 0. The molecule has 0 aliphatic carbocycles. The van der Waals surface area contributed by atoms with Crippen LogP contribution in [0, 0.1) is 13.8 Å². The van der Waals surface area contributed by atoms with Crippen LogP contribution in [-0.2, 0) is 19.6 Å². The summed E-state index contributed by atoms with van der Waals surface area (Å²) in [5.41, 5.74) is -0.647. The van der Waals surface area contributed by atoms with Gasteiger partial charge in [0.1, 0.15) is 11.6 Å². The molecular formula is C13H21NO4S2. The lowest BCUT2D eigenvalue weighted by Crippen LogP contribution is -2.42. The van der Waals surface area contributed by atoms with Crippen molar-refractivity contribution >= 4 is 27.3 Å². The van der Waals surface area contributed by atoms with Crippen molar-refractivity contribution < 1.29 is 17.9 Å². The van der Waals surface area contributed by atoms with E-state index in [2.05, 4.69) is 4.72 Å². The van der Waals surface area contributed by atoms with E-state index in [1.807, 2.05) is 6.92 Å². The minimum absolute atomic E-state index is 0.218. The van der Waals surface area contributed by atoms with Crippen LogP contribution in [0.2, 0.25) is 0 Å². The summed E-state index contributed by atoms with van der Waals surface area (Å²) < 4.78 is 32.0. The summed E-state index contributed by atoms with van der Waals surface area (Å²) in [7, 11) is -3.71. The van der Waals surface area contributed by atoms with E-state index >= 15 is 0 Å². The van der Waals surface area contributed by atoms with E-state index in [1.165, 1.54) is 18.3 Å². The van der Waals surface area contributed by atoms with Crippen molar-refractivity contribution in [3.8, 4) is 0 Å². The van der Waals surface area contributed by atoms with E-state index in [1.54, 1.807) is 33.8 Å². The summed E-state index contributed by atoms with van der Waals surface area (Å²) in [5.74, 6) is -0.592. The third-order valence-electron chi connectivity index (χ3n) is 2.38. The fourth-order valence-corrected chi connectivity index (χ4v) is 4.36. The van der Waals surface area contributed by atoms with Gasteiger partial charge in [0, 0.05) is 9.75 Å². The molecule has 5 nitrogen and oxygen atoms in total. The zero-order chi connectivity index (χ0) is 15.7. The lowest BCUT2D eigenvalue weighted by atomic mass is 10.2. The van der Waals surface area contributed by atoms with Gasteiger partial charge < -0.3 is 4.74 Å². The molecular weight excluding hydrogens is 298 g/mol. The Morgan fingerprint density at radius 1 is 1.35 bits per heavy atom. The highest BCUT2D eigenvalue weighted by Gasteiger charge is 2.27. The predicted octanol–water partition coefficient (Wildman–Crippen LogP) is 2.37. The van der Waals surface area contributed by atoms with E-state index in [-0.39, 0.29) is 4.90 Å². The molecule has 1 N–H and O–H groups in total. The number of ether oxygens (including phenoxy) is 1. The van der Waals surface area contributed by atoms with E-state index in [9.17, 15) is 13.2 Å². The van der Waals surface area contributed by atoms with Gasteiger partial charge >= 0.3 is 5.97 Å². The molecule has 1 aromatic heterocycles. The highest BCUT2D eigenvalue weighted by molar-refractivity contribution is 7.89. The molecule has 114 valence electrons. The Morgan fingerprint density at radius 3 is 2.30 bits per heavy atom. The van der Waals surface area contributed by atoms with Crippen molar-refractivity contribution in [2.45, 2.75) is 58.1 Å². The highest BCUT2D eigenvalue weighted by Crippen LogP contribution is 2.25. The average Bonchev–Trinajstić information content (AvgIpc) is 2.55. The maximum atomic E-state index is 12.2. The maximum Gasteiger partial charge on any atom is 0.324 e. The standard InChI is InChI=1S/C13H21NO4S2/c1-8-7-11(10(3)19-8)20(16,17)14-9(2)12(15)18-13(4,5)6/h7,9,14H,1-6H3/t9-/m1/s1. The first-order chi connectivity index (χ1) is 8.92. The number of nitrogens with one attached hydrogen (secondary N) is 1. The molecule has 0 amide bonds. The van der Waals surface area contributed by atoms with Crippen LogP contribution in [0.15, 0.2) is 11.0 Å². The second-order valence-corrected chi connectivity index (χ2v) is 8.80. The van der Waals surface area contributed by atoms with Gasteiger partial charge in [-0.2, -0.15) is 4.72 Å². The lowest BCUT2D eigenvalue weighted by Gasteiger charge is -2.22. The molecule has 1 heterocycles. The topological polar surface area (TPSA) is 72.5 Å². The second kappa shape index (κ2) is 5.83. The van der Waals surface area contributed by atoms with Crippen molar-refractivity contribution in [3.63, 3.8) is 0 Å². The quantitative estimate of drug-likeness (QED) is 0.865. The first kappa shape index (κ1) is 17.1. The Morgan fingerprint density at radius 2 is 1.90 bits per heavy atom. The summed E-state index contributed by atoms with van der Waals surface area (Å²) >= 11 is 1.41. The maximum absolute atomic E-state index is 12.2. The lowest BCUT2D eigenvalue weighted by molar-refractivity contribution is -0.156. The molecule has 0 saturated carbocycles. The van der Waals surface area contributed by atoms with Crippen LogP contribution in [0.5, 0.6) is 0 Å². The van der Waals surface area contributed by atoms with Crippen LogP contribution in [0.1, 0.15) is 37.4 Å². The van der Waals surface area contributed by atoms with Crippen molar-refractivity contribution in [1.82, 2.24) is 4.72 Å². The normalized spacial score (nSPS) is 14.1. The van der Waals surface area contributed by atoms with Crippen molar-refractivity contribution in [2.24, 2.45) is 0 Å². The molecule has 0 aliphatic rings. The van der Waals surface area contributed by atoms with Gasteiger partial charge in [-0.25, -0.2) is 8.42 Å². The number of thiophene rings is 1. The smallest absolute Gasteiger partial charge is 0.324 e. The number of hydrogen-bond donors (Lipinski definition) is 1. The largest absolute Gasteiger partial charge is 0.459 e. The predicted molar refractivity (Wildman–Crippen MR) is 79.4 cm³/mol. The molecule has 0 aromatic carbocycles. The SMILES string of the molecule is Cc1cc(S(=O)(=O)N[C@H](C)C(=O)OC(C)(C)C)c(C)s1. The van der Waals surface area contributed by atoms with E-state index in [0.717, 1.165) is 4.88 Å². The molecule has 20 heavy (non-hydrogen) atoms. The van der Waals surface area contributed by atoms with Crippen LogP contribution in [-0.4, -0.2) is 26.0 Å². The Kier molecular flexibility index (Phi) is 4.99. The van der Waals surface area contributed by atoms with Crippen molar-refractivity contribution in [3.05, 3.63) is 15.8 Å². The van der Waals surface area contributed by atoms with Gasteiger partial charge in [-0.05, 0) is 47.6 Å². The molecule has 7 heteroatoms. The molecule has 0 radical (unpaired) electrons. The number of carbonyl (C=O) groups is 1. The second-order valence-electron chi connectivity index (χ2n) is 5.65. The van der Waals surface area contributed by atoms with Gasteiger partial charge in [0.2, 0.25) is 10.0 Å². The minimum atomic E-state index is -3.71. The number of hydrogen-bond acceptors (Lipinski definition) is 5. The number of aryl methyl sites for hydroxylation is 2. The monoisotopic (exact) mass is 319 g/mol. The number of esters is 1. The van der Waals surface area contributed by atoms with E-state index < -0.39 is 27.6 Å². The summed E-state index contributed by atoms with van der Waals surface area (Å²) in [6, 6.07) is 0.670. The fourth-order valence-electron chi connectivity index (χ4n) is 1.61. The zero-order valence-corrected chi connectivity index (χ0v) is 14.2. The van der Waals surface area contributed by atoms with Gasteiger partial charge in [0.25, 0.3) is 0 Å². The third kappa shape index (κ3) is 4.57. The zero-order valence-electron chi connectivity index (χ0n) is 12.6. The summed E-state index contributed by atoms with van der Waals surface area (Å²) in [6.45, 7) is 10.3. The molecule has 1 rings (SSSR count). The summed E-state index contributed by atoms with van der Waals surface area (Å²) in [4.78, 5) is 13.6. The van der Waals surface area contributed by atoms with Gasteiger partial charge in [0.15, 0.2) is 0 Å². The molecule has 0 saturated heterocycles. The molecule has 1 aromatic rings. The molecule has 0 aliphatic heterocycles. The molecule has 0 unspecified atom stereocenters. The average molecular weight is 319 g/mol. The Bertz CT molecular complexity index is 596. The fraction of sp³-hybridized carbons (Fsp3) is 0.615. The Hall–Kier alpha value is -0.920. The summed E-state index contributed by atoms with van der Waals surface area (Å²) in [5, 5.41) is 0. The van der Waals surface area contributed by atoms with Gasteiger partial charge in [-0.15, -0.1) is 11.3 Å². The number of carbonyl (C=O) groups excluding carboxylic acids is 1. The number of rotatable bonds is 4. The van der Waals surface area contributed by atoms with Gasteiger partial charge in [-0.3, -0.25) is 4.79 Å². The first-order valence-electron chi connectivity index (χ1n) is 6.24. The molecule has 0 spiro atoms. The van der Waals surface area contributed by atoms with E-state index in [0.29, 0.717) is 4.88 Å². The third-order valence-corrected chi connectivity index (χ3v) is 5.14. The number of sulfonamides is 1. The molecule has 1 atom stereocenters. The van der Waals surface area contributed by atoms with Crippen LogP contribution in [0.3, 0.4) is 0 Å². The van der Waals surface area contributed by atoms with Crippen LogP contribution >= 0.6 is 11.3 Å². The van der Waals surface area contributed by atoms with Crippen molar-refractivity contribution in [2.75, 3.05) is 0 Å². The van der Waals surface area contributed by atoms with Gasteiger partial charge in [-0.1, -0.05) is 0 Å². The van der Waals surface area contributed by atoms with Crippen LogP contribution in [0.4, 0.5) is 0 Å². The highest BCUT2D eigenvalue weighted by atomic mass is 32.2. The van der Waals surface area contributed by atoms with Crippen molar-refractivity contribution in [1.29, 1.82) is 0 Å². The van der Waals surface area contributed by atoms with Crippen LogP contribution in [0.25, 0.3) is 0 Å². The first-order valence-corrected chi connectivity index (χ1v) is 8.54. The van der Waals surface area contributed by atoms with E-state index in [4.69, 9.17) is 4.74 Å². The Balaban J connectivity index is 2.87. The molecule has 0 bridgehead atoms. The minimum Gasteiger partial charge on any atom is -0.459 e. The molecule has 0 fully saturated rings. The Labute approximate surface area is 124 Å². The van der Waals surface area contributed by atoms with Crippen LogP contribution < -0.4 is 4.72 Å². The van der Waals surface area contributed by atoms with Gasteiger partial charge in [0.05, 0.1) is 4.90 Å².